The van der Waals surface area contributed by atoms with Gasteiger partial charge >= 0.3 is 0 Å². The predicted molar refractivity (Wildman–Crippen MR) is 112 cm³/mol. The molecule has 8 heteroatoms. The maximum Gasteiger partial charge on any atom is 0.203 e. The molecule has 1 heterocycles. The molecule has 5 nitrogen and oxygen atoms in total. The van der Waals surface area contributed by atoms with Crippen molar-refractivity contribution in [1.82, 2.24) is 0 Å². The number of quaternary nitrogens is 2. The van der Waals surface area contributed by atoms with Gasteiger partial charge < -0.3 is 43.9 Å². The third-order valence-corrected chi connectivity index (χ3v) is 5.90. The Bertz CT molecular complexity index is 765. The van der Waals surface area contributed by atoms with Crippen molar-refractivity contribution < 1.29 is 48.8 Å². The average molecular weight is 478 g/mol. The second kappa shape index (κ2) is 12.5. The van der Waals surface area contributed by atoms with Crippen molar-refractivity contribution in [3.63, 3.8) is 0 Å². The Balaban J connectivity index is 0.00000225. The van der Waals surface area contributed by atoms with E-state index in [1.54, 1.807) is 31.1 Å². The van der Waals surface area contributed by atoms with Gasteiger partial charge in [0.15, 0.2) is 11.5 Å². The molecular formula is C22H31Cl3N2O3. The van der Waals surface area contributed by atoms with Crippen LogP contribution in [0.1, 0.15) is 12.5 Å². The third kappa shape index (κ3) is 6.32. The molecule has 3 atom stereocenters. The van der Waals surface area contributed by atoms with E-state index in [1.165, 1.54) is 11.3 Å². The fraction of sp³-hybridized carbons (Fsp3) is 0.455. The van der Waals surface area contributed by atoms with Crippen LogP contribution in [0.4, 0.5) is 5.69 Å². The lowest BCUT2D eigenvalue weighted by atomic mass is 10.1. The second-order valence-corrected chi connectivity index (χ2v) is 7.86. The van der Waals surface area contributed by atoms with Crippen molar-refractivity contribution >= 4 is 17.3 Å². The maximum absolute atomic E-state index is 6.03. The molecule has 1 aliphatic rings. The summed E-state index contributed by atoms with van der Waals surface area (Å²) in [6, 6.07) is 13.0. The molecule has 3 unspecified atom stereocenters. The first-order chi connectivity index (χ1) is 13.5. The molecule has 30 heavy (non-hydrogen) atoms. The van der Waals surface area contributed by atoms with E-state index in [1.807, 2.05) is 12.1 Å². The fourth-order valence-electron chi connectivity index (χ4n) is 4.14. The standard InChI is InChI=1S/C22H29ClN2O3.2ClH/c1-16-15-24(11-12-25(16)19-7-5-18(23)6-8-19)10-9-17-13-20(26-2)22(28-4)21(14-17)27-3;;/h5-8,13-14,16H,9-12,15H2,1-4H3;2*1H. The van der Waals surface area contributed by atoms with Crippen molar-refractivity contribution in [3.05, 3.63) is 47.0 Å². The number of piperazine rings is 1. The van der Waals surface area contributed by atoms with E-state index in [0.717, 1.165) is 49.1 Å². The molecule has 0 saturated carbocycles. The number of benzene rings is 2. The largest absolute Gasteiger partial charge is 1.00 e. The molecule has 2 N–H and O–H groups in total. The van der Waals surface area contributed by atoms with Crippen LogP contribution < -0.4 is 48.8 Å². The zero-order chi connectivity index (χ0) is 20.1. The van der Waals surface area contributed by atoms with Gasteiger partial charge in [-0.25, -0.2) is 0 Å². The van der Waals surface area contributed by atoms with Crippen LogP contribution in [0.5, 0.6) is 17.2 Å². The first-order valence-electron chi connectivity index (χ1n) is 9.79. The number of hydrogen-bond acceptors (Lipinski definition) is 3. The lowest BCUT2D eigenvalue weighted by molar-refractivity contribution is -1.00. The van der Waals surface area contributed by atoms with E-state index >= 15 is 0 Å². The van der Waals surface area contributed by atoms with E-state index in [0.29, 0.717) is 11.8 Å². The zero-order valence-corrected chi connectivity index (χ0v) is 20.2. The van der Waals surface area contributed by atoms with Crippen molar-refractivity contribution in [2.45, 2.75) is 19.4 Å². The van der Waals surface area contributed by atoms with Gasteiger partial charge in [-0.1, -0.05) is 11.6 Å². The fourth-order valence-corrected chi connectivity index (χ4v) is 4.26. The minimum absolute atomic E-state index is 0. The Morgan fingerprint density at radius 1 is 0.933 bits per heavy atom. The number of ether oxygens (including phenoxy) is 3. The van der Waals surface area contributed by atoms with Gasteiger partial charge in [0.1, 0.15) is 31.4 Å². The van der Waals surface area contributed by atoms with Crippen LogP contribution >= 0.6 is 11.6 Å². The summed E-state index contributed by atoms with van der Waals surface area (Å²) >= 11 is 6.03. The molecule has 0 amide bonds. The highest BCUT2D eigenvalue weighted by Crippen LogP contribution is 2.38. The molecule has 1 aliphatic heterocycles. The van der Waals surface area contributed by atoms with Gasteiger partial charge in [-0.15, -0.1) is 0 Å². The van der Waals surface area contributed by atoms with Crippen molar-refractivity contribution in [1.29, 1.82) is 0 Å². The molecule has 0 aromatic heterocycles. The number of rotatable bonds is 7. The Hall–Kier alpha value is -1.37. The van der Waals surface area contributed by atoms with Gasteiger partial charge in [-0.2, -0.15) is 0 Å². The van der Waals surface area contributed by atoms with Crippen LogP contribution in [0.15, 0.2) is 36.4 Å². The van der Waals surface area contributed by atoms with Crippen molar-refractivity contribution in [2.75, 3.05) is 47.5 Å². The molecule has 168 valence electrons. The quantitative estimate of drug-likeness (QED) is 0.422. The van der Waals surface area contributed by atoms with Gasteiger partial charge in [0.2, 0.25) is 5.75 Å². The zero-order valence-electron chi connectivity index (χ0n) is 17.9. The predicted octanol–water partition coefficient (Wildman–Crippen LogP) is -4.58. The highest BCUT2D eigenvalue weighted by atomic mass is 35.5. The lowest BCUT2D eigenvalue weighted by Crippen LogP contribution is -3.28. The van der Waals surface area contributed by atoms with Gasteiger partial charge in [-0.05, 0) is 36.8 Å². The minimum Gasteiger partial charge on any atom is -1.00 e. The summed E-state index contributed by atoms with van der Waals surface area (Å²) < 4.78 is 16.4. The summed E-state index contributed by atoms with van der Waals surface area (Å²) in [7, 11) is 4.95. The lowest BCUT2D eigenvalue weighted by Gasteiger charge is -2.34. The number of methoxy groups -OCH3 is 3. The van der Waals surface area contributed by atoms with E-state index in [4.69, 9.17) is 25.8 Å². The average Bonchev–Trinajstić information content (AvgIpc) is 2.72. The molecule has 1 fully saturated rings. The van der Waals surface area contributed by atoms with Crippen LogP contribution in [0.3, 0.4) is 0 Å². The van der Waals surface area contributed by atoms with Gasteiger partial charge in [0, 0.05) is 23.6 Å². The normalized spacial score (nSPS) is 20.5. The van der Waals surface area contributed by atoms with E-state index < -0.39 is 0 Å². The molecule has 2 aromatic carbocycles. The van der Waals surface area contributed by atoms with Crippen LogP contribution in [0.25, 0.3) is 0 Å². The first-order valence-corrected chi connectivity index (χ1v) is 10.2. The van der Waals surface area contributed by atoms with Crippen LogP contribution in [-0.4, -0.2) is 53.6 Å². The smallest absolute Gasteiger partial charge is 0.203 e. The third-order valence-electron chi connectivity index (χ3n) is 5.64. The Morgan fingerprint density at radius 3 is 2.03 bits per heavy atom. The maximum atomic E-state index is 6.03. The van der Waals surface area contributed by atoms with E-state index in [-0.39, 0.29) is 24.8 Å². The van der Waals surface area contributed by atoms with Crippen molar-refractivity contribution in [2.24, 2.45) is 0 Å². The molecule has 3 rings (SSSR count). The number of nitrogens with one attached hydrogen (secondary N) is 2. The SMILES string of the molecule is COc1cc(CC[NH+]2CC[NH+](c3ccc(Cl)cc3)C(C)C2)cc(OC)c1OC.[Cl-].[Cl-]. The second-order valence-electron chi connectivity index (χ2n) is 7.42. The number of halogens is 3. The molecule has 0 spiro atoms. The highest BCUT2D eigenvalue weighted by Gasteiger charge is 2.31. The van der Waals surface area contributed by atoms with E-state index in [9.17, 15) is 0 Å². The van der Waals surface area contributed by atoms with Crippen LogP contribution in [-0.2, 0) is 6.42 Å². The molecular weight excluding hydrogens is 447 g/mol. The first kappa shape index (κ1) is 26.7. The van der Waals surface area contributed by atoms with Gasteiger partial charge in [-0.3, -0.25) is 4.90 Å². The molecule has 0 bridgehead atoms. The minimum atomic E-state index is 0. The molecule has 0 radical (unpaired) electrons. The Morgan fingerprint density at radius 2 is 1.53 bits per heavy atom. The monoisotopic (exact) mass is 476 g/mol. The van der Waals surface area contributed by atoms with Crippen LogP contribution in [0, 0.1) is 0 Å². The molecule has 2 aromatic rings. The Labute approximate surface area is 197 Å². The summed E-state index contributed by atoms with van der Waals surface area (Å²) in [5.41, 5.74) is 2.54. The summed E-state index contributed by atoms with van der Waals surface area (Å²) in [5.74, 6) is 2.09. The topological polar surface area (TPSA) is 36.6 Å². The molecule has 0 aliphatic carbocycles. The van der Waals surface area contributed by atoms with Gasteiger partial charge in [0.05, 0.1) is 27.9 Å². The van der Waals surface area contributed by atoms with Crippen molar-refractivity contribution in [3.8, 4) is 17.2 Å². The summed E-state index contributed by atoms with van der Waals surface area (Å²) in [4.78, 5) is 3.19. The Kier molecular flexibility index (Phi) is 11.1. The number of hydrogen-bond donors (Lipinski definition) is 2. The summed E-state index contributed by atoms with van der Waals surface area (Å²) in [5, 5.41) is 0.797. The van der Waals surface area contributed by atoms with Crippen LogP contribution in [0.2, 0.25) is 5.02 Å². The molecule has 1 saturated heterocycles. The van der Waals surface area contributed by atoms with Gasteiger partial charge in [0.25, 0.3) is 0 Å². The highest BCUT2D eigenvalue weighted by molar-refractivity contribution is 6.30. The summed E-state index contributed by atoms with van der Waals surface area (Å²) in [6.07, 6.45) is 0.981. The van der Waals surface area contributed by atoms with E-state index in [2.05, 4.69) is 31.2 Å². The summed E-state index contributed by atoms with van der Waals surface area (Å²) in [6.45, 7) is 6.88.